The first kappa shape index (κ1) is 12.4. The van der Waals surface area contributed by atoms with Crippen molar-refractivity contribution < 1.29 is 4.79 Å². The maximum absolute atomic E-state index is 12.0. The summed E-state index contributed by atoms with van der Waals surface area (Å²) in [6.07, 6.45) is 0. The Kier molecular flexibility index (Phi) is 3.11. The molecule has 1 aromatic rings. The van der Waals surface area contributed by atoms with Crippen molar-refractivity contribution in [1.29, 1.82) is 0 Å². The summed E-state index contributed by atoms with van der Waals surface area (Å²) >= 11 is 1.63. The molecule has 0 radical (unpaired) electrons. The van der Waals surface area contributed by atoms with Crippen molar-refractivity contribution in [3.63, 3.8) is 0 Å². The molecule has 15 heavy (non-hydrogen) atoms. The van der Waals surface area contributed by atoms with Crippen LogP contribution in [-0.4, -0.2) is 5.78 Å². The summed E-state index contributed by atoms with van der Waals surface area (Å²) in [4.78, 5) is 14.2. The van der Waals surface area contributed by atoms with Gasteiger partial charge < -0.3 is 0 Å². The van der Waals surface area contributed by atoms with Crippen LogP contribution in [0.25, 0.3) is 0 Å². The van der Waals surface area contributed by atoms with Gasteiger partial charge in [-0.25, -0.2) is 0 Å². The van der Waals surface area contributed by atoms with Gasteiger partial charge in [-0.1, -0.05) is 41.5 Å². The molecule has 1 nitrogen and oxygen atoms in total. The first-order chi connectivity index (χ1) is 6.62. The van der Waals surface area contributed by atoms with Crippen molar-refractivity contribution in [2.75, 3.05) is 0 Å². The van der Waals surface area contributed by atoms with E-state index in [1.807, 2.05) is 26.8 Å². The van der Waals surface area contributed by atoms with Crippen LogP contribution in [0.4, 0.5) is 0 Å². The molecule has 0 fully saturated rings. The van der Waals surface area contributed by atoms with Gasteiger partial charge in [-0.15, -0.1) is 11.3 Å². The van der Waals surface area contributed by atoms with Crippen LogP contribution in [0.2, 0.25) is 0 Å². The van der Waals surface area contributed by atoms with Crippen LogP contribution in [0.3, 0.4) is 0 Å². The Balaban J connectivity index is 3.01. The zero-order valence-corrected chi connectivity index (χ0v) is 11.3. The minimum Gasteiger partial charge on any atom is -0.293 e. The smallest absolute Gasteiger partial charge is 0.178 e. The maximum Gasteiger partial charge on any atom is 0.178 e. The molecule has 0 aliphatic rings. The summed E-state index contributed by atoms with van der Waals surface area (Å²) in [6.45, 7) is 12.4. The second-order valence-corrected chi connectivity index (χ2v) is 7.08. The lowest BCUT2D eigenvalue weighted by Crippen LogP contribution is -2.18. The van der Waals surface area contributed by atoms with Crippen LogP contribution in [0.1, 0.15) is 56.1 Å². The molecule has 0 aliphatic carbocycles. The van der Waals surface area contributed by atoms with Crippen molar-refractivity contribution in [3.8, 4) is 0 Å². The summed E-state index contributed by atoms with van der Waals surface area (Å²) in [5.74, 6) is 0.239. The fourth-order valence-corrected chi connectivity index (χ4v) is 2.45. The zero-order valence-electron chi connectivity index (χ0n) is 10.5. The Labute approximate surface area is 96.5 Å². The summed E-state index contributed by atoms with van der Waals surface area (Å²) < 4.78 is 0. The summed E-state index contributed by atoms with van der Waals surface area (Å²) in [5, 5.41) is 0. The lowest BCUT2D eigenvalue weighted by atomic mass is 9.90. The monoisotopic (exact) mass is 224 g/mol. The fraction of sp³-hybridized carbons (Fsp3) is 0.615. The van der Waals surface area contributed by atoms with Crippen LogP contribution in [-0.2, 0) is 5.41 Å². The third kappa shape index (κ3) is 2.91. The van der Waals surface area contributed by atoms with Crippen LogP contribution in [0.15, 0.2) is 12.1 Å². The molecule has 0 aromatic carbocycles. The molecular weight excluding hydrogens is 204 g/mol. The molecule has 1 heterocycles. The zero-order chi connectivity index (χ0) is 11.9. The number of ketones is 1. The van der Waals surface area contributed by atoms with Crippen LogP contribution in [0.5, 0.6) is 0 Å². The predicted octanol–water partition coefficient (Wildman–Crippen LogP) is 4.27. The van der Waals surface area contributed by atoms with E-state index in [0.717, 1.165) is 4.88 Å². The molecule has 2 heteroatoms. The third-order valence-corrected chi connectivity index (χ3v) is 3.76. The average molecular weight is 224 g/mol. The second kappa shape index (κ2) is 3.75. The van der Waals surface area contributed by atoms with Gasteiger partial charge >= 0.3 is 0 Å². The number of thiophene rings is 1. The largest absolute Gasteiger partial charge is 0.293 e. The van der Waals surface area contributed by atoms with Crippen LogP contribution in [0, 0.1) is 5.41 Å². The van der Waals surface area contributed by atoms with Gasteiger partial charge in [-0.2, -0.15) is 0 Å². The van der Waals surface area contributed by atoms with Crippen molar-refractivity contribution in [1.82, 2.24) is 0 Å². The number of hydrogen-bond donors (Lipinski definition) is 0. The standard InChI is InChI=1S/C13H20OS/c1-12(2,3)10-8-7-9(15-10)11(14)13(4,5)6/h7-8H,1-6H3. The number of hydrogen-bond acceptors (Lipinski definition) is 2. The Morgan fingerprint density at radius 2 is 1.60 bits per heavy atom. The van der Waals surface area contributed by atoms with Crippen LogP contribution < -0.4 is 0 Å². The van der Waals surface area contributed by atoms with E-state index in [0.29, 0.717) is 0 Å². The highest BCUT2D eigenvalue weighted by molar-refractivity contribution is 7.14. The predicted molar refractivity (Wildman–Crippen MR) is 66.8 cm³/mol. The van der Waals surface area contributed by atoms with Gasteiger partial charge in [0.25, 0.3) is 0 Å². The molecular formula is C13H20OS. The molecule has 0 N–H and O–H groups in total. The SMILES string of the molecule is CC(C)(C)C(=O)c1ccc(C(C)(C)C)s1. The van der Waals surface area contributed by atoms with Gasteiger partial charge in [0, 0.05) is 10.3 Å². The molecule has 0 spiro atoms. The van der Waals surface area contributed by atoms with Crippen molar-refractivity contribution in [2.24, 2.45) is 5.41 Å². The highest BCUT2D eigenvalue weighted by atomic mass is 32.1. The van der Waals surface area contributed by atoms with Crippen molar-refractivity contribution >= 4 is 17.1 Å². The number of carbonyl (C=O) groups is 1. The fourth-order valence-electron chi connectivity index (χ4n) is 1.23. The van der Waals surface area contributed by atoms with E-state index in [1.165, 1.54) is 4.88 Å². The van der Waals surface area contributed by atoms with E-state index in [2.05, 4.69) is 26.8 Å². The Bertz CT molecular complexity index is 361. The summed E-state index contributed by atoms with van der Waals surface area (Å²) in [6, 6.07) is 4.03. The van der Waals surface area contributed by atoms with E-state index < -0.39 is 0 Å². The molecule has 0 amide bonds. The van der Waals surface area contributed by atoms with Gasteiger partial charge in [0.2, 0.25) is 0 Å². The van der Waals surface area contributed by atoms with Gasteiger partial charge in [0.1, 0.15) is 0 Å². The van der Waals surface area contributed by atoms with Gasteiger partial charge in [0.05, 0.1) is 4.88 Å². The normalized spacial score (nSPS) is 12.9. The minimum atomic E-state index is -0.278. The molecule has 0 bridgehead atoms. The van der Waals surface area contributed by atoms with E-state index in [1.54, 1.807) is 11.3 Å². The molecule has 0 atom stereocenters. The van der Waals surface area contributed by atoms with Gasteiger partial charge in [0.15, 0.2) is 5.78 Å². The first-order valence-corrected chi connectivity index (χ1v) is 6.09. The number of carbonyl (C=O) groups excluding carboxylic acids is 1. The number of Topliss-reactive ketones (excluding diaryl/α,β-unsaturated/α-hetero) is 1. The number of rotatable bonds is 1. The lowest BCUT2D eigenvalue weighted by Gasteiger charge is -2.17. The summed E-state index contributed by atoms with van der Waals surface area (Å²) in [5.41, 5.74) is -0.138. The molecule has 1 aromatic heterocycles. The Hall–Kier alpha value is -0.630. The molecule has 0 saturated heterocycles. The Morgan fingerprint density at radius 3 is 1.93 bits per heavy atom. The molecule has 0 unspecified atom stereocenters. The first-order valence-electron chi connectivity index (χ1n) is 5.27. The van der Waals surface area contributed by atoms with E-state index >= 15 is 0 Å². The van der Waals surface area contributed by atoms with Crippen molar-refractivity contribution in [2.45, 2.75) is 47.0 Å². The second-order valence-electron chi connectivity index (χ2n) is 5.99. The molecule has 0 saturated carbocycles. The Morgan fingerprint density at radius 1 is 1.07 bits per heavy atom. The van der Waals surface area contributed by atoms with Gasteiger partial charge in [-0.05, 0) is 17.5 Å². The average Bonchev–Trinajstić information content (AvgIpc) is 2.47. The van der Waals surface area contributed by atoms with E-state index in [9.17, 15) is 4.79 Å². The molecule has 1 rings (SSSR count). The highest BCUT2D eigenvalue weighted by Gasteiger charge is 2.26. The maximum atomic E-state index is 12.0. The minimum absolute atomic E-state index is 0.140. The topological polar surface area (TPSA) is 17.1 Å². The van der Waals surface area contributed by atoms with E-state index in [4.69, 9.17) is 0 Å². The lowest BCUT2D eigenvalue weighted by molar-refractivity contribution is 0.0863. The van der Waals surface area contributed by atoms with Gasteiger partial charge in [-0.3, -0.25) is 4.79 Å². The van der Waals surface area contributed by atoms with E-state index in [-0.39, 0.29) is 16.6 Å². The summed E-state index contributed by atoms with van der Waals surface area (Å²) in [7, 11) is 0. The van der Waals surface area contributed by atoms with Crippen LogP contribution >= 0.6 is 11.3 Å². The molecule has 84 valence electrons. The third-order valence-electron chi connectivity index (χ3n) is 2.25. The quantitative estimate of drug-likeness (QED) is 0.651. The molecule has 0 aliphatic heterocycles. The highest BCUT2D eigenvalue weighted by Crippen LogP contribution is 2.32. The van der Waals surface area contributed by atoms with Crippen molar-refractivity contribution in [3.05, 3.63) is 21.9 Å².